The number of para-hydroxylation sites is 2. The quantitative estimate of drug-likeness (QED) is 0.779. The Bertz CT molecular complexity index is 410. The lowest BCUT2D eigenvalue weighted by atomic mass is 10.3. The van der Waals surface area contributed by atoms with Gasteiger partial charge in [0.15, 0.2) is 11.5 Å². The van der Waals surface area contributed by atoms with Gasteiger partial charge in [-0.2, -0.15) is 0 Å². The summed E-state index contributed by atoms with van der Waals surface area (Å²) in [7, 11) is 0. The van der Waals surface area contributed by atoms with E-state index in [4.69, 9.17) is 4.74 Å². The second-order valence-electron chi connectivity index (χ2n) is 2.80. The molecule has 0 aromatic heterocycles. The second kappa shape index (κ2) is 3.83. The lowest BCUT2D eigenvalue weighted by Gasteiger charge is -2.05. The third kappa shape index (κ3) is 1.85. The molecule has 0 spiro atoms. The van der Waals surface area contributed by atoms with Gasteiger partial charge in [0.05, 0.1) is 0 Å². The largest absolute Gasteiger partial charge is 0.504 e. The molecule has 0 bridgehead atoms. The van der Waals surface area contributed by atoms with Crippen LogP contribution in [0.3, 0.4) is 0 Å². The van der Waals surface area contributed by atoms with Gasteiger partial charge < -0.3 is 9.84 Å². The van der Waals surface area contributed by atoms with Crippen LogP contribution in [0.2, 0.25) is 0 Å². The fraction of sp³-hybridized carbons (Fsp3) is 0. The van der Waals surface area contributed by atoms with E-state index >= 15 is 0 Å². The lowest BCUT2D eigenvalue weighted by molar-refractivity contribution is 0.410. The maximum atomic E-state index is 9.39. The molecule has 1 radical (unpaired) electrons. The zero-order valence-corrected chi connectivity index (χ0v) is 7.47. The van der Waals surface area contributed by atoms with Crippen LogP contribution in [-0.2, 0) is 0 Å². The van der Waals surface area contributed by atoms with Gasteiger partial charge in [-0.3, -0.25) is 0 Å². The number of phenols is 1. The van der Waals surface area contributed by atoms with Crippen molar-refractivity contribution in [3.63, 3.8) is 0 Å². The standard InChI is InChI=1S/C12H9O2/c13-11-8-4-5-9-12(11)14-10-6-2-1-3-7-10/h1-7,9,13H. The smallest absolute Gasteiger partial charge is 0.169 e. The second-order valence-corrected chi connectivity index (χ2v) is 2.80. The van der Waals surface area contributed by atoms with Crippen molar-refractivity contribution in [2.24, 2.45) is 0 Å². The first-order valence-electron chi connectivity index (χ1n) is 4.29. The van der Waals surface area contributed by atoms with E-state index in [1.54, 1.807) is 18.2 Å². The minimum absolute atomic E-state index is 0.0244. The van der Waals surface area contributed by atoms with Gasteiger partial charge in [-0.25, -0.2) is 0 Å². The SMILES string of the molecule is Oc1[c]cccc1Oc1ccccc1. The number of hydrogen-bond acceptors (Lipinski definition) is 2. The van der Waals surface area contributed by atoms with Crippen LogP contribution in [0.1, 0.15) is 0 Å². The fourth-order valence-electron chi connectivity index (χ4n) is 1.11. The zero-order chi connectivity index (χ0) is 9.80. The first kappa shape index (κ1) is 8.63. The van der Waals surface area contributed by atoms with Crippen LogP contribution in [0.25, 0.3) is 0 Å². The molecule has 0 atom stereocenters. The summed E-state index contributed by atoms with van der Waals surface area (Å²) < 4.78 is 5.43. The Morgan fingerprint density at radius 3 is 2.50 bits per heavy atom. The number of hydrogen-bond donors (Lipinski definition) is 1. The fourth-order valence-corrected chi connectivity index (χ4v) is 1.11. The normalized spacial score (nSPS) is 9.71. The summed E-state index contributed by atoms with van der Waals surface area (Å²) in [4.78, 5) is 0. The number of phenolic OH excluding ortho intramolecular Hbond substituents is 1. The average molecular weight is 185 g/mol. The Morgan fingerprint density at radius 1 is 1.00 bits per heavy atom. The number of ether oxygens (including phenoxy) is 1. The van der Waals surface area contributed by atoms with Crippen LogP contribution < -0.4 is 4.74 Å². The lowest BCUT2D eigenvalue weighted by Crippen LogP contribution is -1.83. The first-order chi connectivity index (χ1) is 6.86. The molecule has 2 nitrogen and oxygen atoms in total. The molecule has 0 aliphatic rings. The van der Waals surface area contributed by atoms with Crippen LogP contribution in [0, 0.1) is 6.07 Å². The molecule has 0 fully saturated rings. The van der Waals surface area contributed by atoms with Crippen LogP contribution in [-0.4, -0.2) is 5.11 Å². The Labute approximate surface area is 82.4 Å². The molecule has 2 aromatic rings. The summed E-state index contributed by atoms with van der Waals surface area (Å²) in [5, 5.41) is 9.39. The van der Waals surface area contributed by atoms with Crippen molar-refractivity contribution < 1.29 is 9.84 Å². The van der Waals surface area contributed by atoms with E-state index in [1.165, 1.54) is 0 Å². The topological polar surface area (TPSA) is 29.5 Å². The third-order valence-electron chi connectivity index (χ3n) is 1.77. The molecular weight excluding hydrogens is 176 g/mol. The molecule has 2 aromatic carbocycles. The Kier molecular flexibility index (Phi) is 2.36. The molecule has 0 unspecified atom stereocenters. The van der Waals surface area contributed by atoms with Gasteiger partial charge in [0.25, 0.3) is 0 Å². The van der Waals surface area contributed by atoms with E-state index < -0.39 is 0 Å². The molecule has 0 amide bonds. The Balaban J connectivity index is 2.24. The van der Waals surface area contributed by atoms with E-state index in [2.05, 4.69) is 6.07 Å². The van der Waals surface area contributed by atoms with Crippen LogP contribution in [0.15, 0.2) is 48.5 Å². The molecule has 0 saturated heterocycles. The highest BCUT2D eigenvalue weighted by molar-refractivity contribution is 5.40. The van der Waals surface area contributed by atoms with Gasteiger partial charge in [-0.15, -0.1) is 0 Å². The summed E-state index contributed by atoms with van der Waals surface area (Å²) >= 11 is 0. The van der Waals surface area contributed by atoms with Crippen molar-refractivity contribution in [1.82, 2.24) is 0 Å². The van der Waals surface area contributed by atoms with Crippen LogP contribution >= 0.6 is 0 Å². The molecule has 1 N–H and O–H groups in total. The van der Waals surface area contributed by atoms with Gasteiger partial charge in [-0.05, 0) is 18.2 Å². The minimum Gasteiger partial charge on any atom is -0.504 e. The zero-order valence-electron chi connectivity index (χ0n) is 7.47. The highest BCUT2D eigenvalue weighted by Crippen LogP contribution is 2.28. The van der Waals surface area contributed by atoms with E-state index in [9.17, 15) is 5.11 Å². The van der Waals surface area contributed by atoms with Crippen molar-refractivity contribution in [2.45, 2.75) is 0 Å². The molecule has 2 rings (SSSR count). The van der Waals surface area contributed by atoms with Crippen molar-refractivity contribution >= 4 is 0 Å². The first-order valence-corrected chi connectivity index (χ1v) is 4.29. The highest BCUT2D eigenvalue weighted by Gasteiger charge is 2.01. The van der Waals surface area contributed by atoms with Crippen LogP contribution in [0.4, 0.5) is 0 Å². The predicted octanol–water partition coefficient (Wildman–Crippen LogP) is 2.98. The summed E-state index contributed by atoms with van der Waals surface area (Å²) in [6.07, 6.45) is 0. The molecular formula is C12H9O2. The summed E-state index contributed by atoms with van der Waals surface area (Å²) in [6.45, 7) is 0. The molecule has 0 aliphatic carbocycles. The van der Waals surface area contributed by atoms with Gasteiger partial charge in [-0.1, -0.05) is 30.3 Å². The maximum Gasteiger partial charge on any atom is 0.169 e. The molecule has 0 saturated carbocycles. The van der Waals surface area contributed by atoms with Crippen molar-refractivity contribution in [3.05, 3.63) is 54.6 Å². The minimum atomic E-state index is 0.0244. The average Bonchev–Trinajstić information content (AvgIpc) is 2.23. The number of rotatable bonds is 2. The molecule has 69 valence electrons. The van der Waals surface area contributed by atoms with Gasteiger partial charge in [0.1, 0.15) is 5.75 Å². The summed E-state index contributed by atoms with van der Waals surface area (Å²) in [5.74, 6) is 1.14. The number of aromatic hydroxyl groups is 1. The van der Waals surface area contributed by atoms with Crippen molar-refractivity contribution in [1.29, 1.82) is 0 Å². The molecule has 2 heteroatoms. The summed E-state index contributed by atoms with van der Waals surface area (Å²) in [6, 6.07) is 17.0. The molecule has 0 heterocycles. The Hall–Kier alpha value is -1.96. The van der Waals surface area contributed by atoms with E-state index in [0.29, 0.717) is 11.5 Å². The van der Waals surface area contributed by atoms with Crippen LogP contribution in [0.5, 0.6) is 17.2 Å². The van der Waals surface area contributed by atoms with Gasteiger partial charge in [0.2, 0.25) is 0 Å². The monoisotopic (exact) mass is 185 g/mol. The third-order valence-corrected chi connectivity index (χ3v) is 1.77. The van der Waals surface area contributed by atoms with E-state index in [1.807, 2.05) is 30.3 Å². The predicted molar refractivity (Wildman–Crippen MR) is 53.5 cm³/mol. The van der Waals surface area contributed by atoms with E-state index in [-0.39, 0.29) is 5.75 Å². The van der Waals surface area contributed by atoms with Gasteiger partial charge in [0, 0.05) is 6.07 Å². The number of benzene rings is 2. The summed E-state index contributed by atoms with van der Waals surface area (Å²) in [5.41, 5.74) is 0. The molecule has 0 aliphatic heterocycles. The van der Waals surface area contributed by atoms with Gasteiger partial charge >= 0.3 is 0 Å². The van der Waals surface area contributed by atoms with Crippen molar-refractivity contribution in [3.8, 4) is 17.2 Å². The molecule has 14 heavy (non-hydrogen) atoms. The highest BCUT2D eigenvalue weighted by atomic mass is 16.5. The van der Waals surface area contributed by atoms with E-state index in [0.717, 1.165) is 0 Å². The maximum absolute atomic E-state index is 9.39. The Morgan fingerprint density at radius 2 is 1.79 bits per heavy atom. The van der Waals surface area contributed by atoms with Crippen molar-refractivity contribution in [2.75, 3.05) is 0 Å².